The van der Waals surface area contributed by atoms with Crippen molar-refractivity contribution in [2.75, 3.05) is 26.4 Å². The van der Waals surface area contributed by atoms with E-state index in [4.69, 9.17) is 9.84 Å². The second-order valence-corrected chi connectivity index (χ2v) is 4.14. The molecule has 0 unspecified atom stereocenters. The number of nitrogens with one attached hydrogen (secondary N) is 1. The minimum Gasteiger partial charge on any atom is -0.394 e. The molecule has 3 nitrogen and oxygen atoms in total. The quantitative estimate of drug-likeness (QED) is 0.548. The molecule has 0 aliphatic heterocycles. The molecule has 0 bridgehead atoms. The van der Waals surface area contributed by atoms with E-state index in [2.05, 4.69) is 26.1 Å². The second kappa shape index (κ2) is 10.4. The zero-order chi connectivity index (χ0) is 11.5. The molecule has 15 heavy (non-hydrogen) atoms. The number of rotatable bonds is 10. The first kappa shape index (κ1) is 14.9. The summed E-state index contributed by atoms with van der Waals surface area (Å²) in [7, 11) is 0. The van der Waals surface area contributed by atoms with Crippen molar-refractivity contribution >= 4 is 0 Å². The van der Waals surface area contributed by atoms with E-state index in [1.807, 2.05) is 0 Å². The first-order chi connectivity index (χ1) is 7.24. The summed E-state index contributed by atoms with van der Waals surface area (Å²) < 4.78 is 5.20. The van der Waals surface area contributed by atoms with Crippen molar-refractivity contribution in [2.24, 2.45) is 5.92 Å². The molecule has 0 radical (unpaired) electrons. The Morgan fingerprint density at radius 1 is 1.20 bits per heavy atom. The summed E-state index contributed by atoms with van der Waals surface area (Å²) in [6.45, 7) is 8.89. The third-order valence-electron chi connectivity index (χ3n) is 2.79. The van der Waals surface area contributed by atoms with Crippen LogP contribution in [0.1, 0.15) is 40.0 Å². The highest BCUT2D eigenvalue weighted by Gasteiger charge is 2.08. The lowest BCUT2D eigenvalue weighted by Gasteiger charge is -2.20. The van der Waals surface area contributed by atoms with Crippen molar-refractivity contribution in [1.82, 2.24) is 5.32 Å². The highest BCUT2D eigenvalue weighted by Crippen LogP contribution is 2.11. The van der Waals surface area contributed by atoms with Gasteiger partial charge in [-0.05, 0) is 18.8 Å². The smallest absolute Gasteiger partial charge is 0.0698 e. The Hall–Kier alpha value is -0.120. The highest BCUT2D eigenvalue weighted by molar-refractivity contribution is 4.67. The van der Waals surface area contributed by atoms with E-state index >= 15 is 0 Å². The Morgan fingerprint density at radius 3 is 2.47 bits per heavy atom. The minimum atomic E-state index is 0.115. The van der Waals surface area contributed by atoms with Gasteiger partial charge in [0.25, 0.3) is 0 Å². The SMILES string of the molecule is CC[C@@H](C)C[C@@H](CC)NCCOCCO. The summed E-state index contributed by atoms with van der Waals surface area (Å²) in [5.41, 5.74) is 0. The molecule has 0 saturated carbocycles. The topological polar surface area (TPSA) is 41.5 Å². The zero-order valence-electron chi connectivity index (χ0n) is 10.5. The monoisotopic (exact) mass is 217 g/mol. The summed E-state index contributed by atoms with van der Waals surface area (Å²) in [5.74, 6) is 0.792. The molecule has 0 amide bonds. The van der Waals surface area contributed by atoms with Crippen LogP contribution in [0.3, 0.4) is 0 Å². The Morgan fingerprint density at radius 2 is 1.93 bits per heavy atom. The van der Waals surface area contributed by atoms with Gasteiger partial charge in [0.05, 0.1) is 19.8 Å². The number of hydrogen-bond donors (Lipinski definition) is 2. The van der Waals surface area contributed by atoms with E-state index in [1.54, 1.807) is 0 Å². The second-order valence-electron chi connectivity index (χ2n) is 4.14. The van der Waals surface area contributed by atoms with Crippen LogP contribution in [0.15, 0.2) is 0 Å². The predicted molar refractivity (Wildman–Crippen MR) is 64.1 cm³/mol. The van der Waals surface area contributed by atoms with Gasteiger partial charge in [-0.1, -0.05) is 27.2 Å². The van der Waals surface area contributed by atoms with Gasteiger partial charge in [-0.15, -0.1) is 0 Å². The summed E-state index contributed by atoms with van der Waals surface area (Å²) in [6.07, 6.45) is 3.66. The van der Waals surface area contributed by atoms with Gasteiger partial charge in [-0.2, -0.15) is 0 Å². The molecule has 0 aromatic heterocycles. The summed E-state index contributed by atoms with van der Waals surface area (Å²) in [5, 5.41) is 12.0. The molecule has 0 rings (SSSR count). The van der Waals surface area contributed by atoms with Gasteiger partial charge in [-0.3, -0.25) is 0 Å². The van der Waals surface area contributed by atoms with Crippen LogP contribution in [0.2, 0.25) is 0 Å². The molecule has 3 heteroatoms. The lowest BCUT2D eigenvalue weighted by Crippen LogP contribution is -2.33. The van der Waals surface area contributed by atoms with Gasteiger partial charge in [-0.25, -0.2) is 0 Å². The van der Waals surface area contributed by atoms with Crippen molar-refractivity contribution in [1.29, 1.82) is 0 Å². The predicted octanol–water partition coefficient (Wildman–Crippen LogP) is 1.80. The average Bonchev–Trinajstić information content (AvgIpc) is 2.26. The Labute approximate surface area is 94.2 Å². The van der Waals surface area contributed by atoms with E-state index in [1.165, 1.54) is 19.3 Å². The molecule has 2 atom stereocenters. The molecule has 0 aromatic carbocycles. The summed E-state index contributed by atoms with van der Waals surface area (Å²) in [4.78, 5) is 0. The standard InChI is InChI=1S/C12H27NO2/c1-4-11(3)10-12(5-2)13-6-8-15-9-7-14/h11-14H,4-10H2,1-3H3/t11-,12-/m1/s1. The van der Waals surface area contributed by atoms with Crippen molar-refractivity contribution in [3.63, 3.8) is 0 Å². The molecular formula is C12H27NO2. The largest absolute Gasteiger partial charge is 0.394 e. The van der Waals surface area contributed by atoms with Gasteiger partial charge < -0.3 is 15.2 Å². The Kier molecular flexibility index (Phi) is 10.3. The maximum Gasteiger partial charge on any atom is 0.0698 e. The van der Waals surface area contributed by atoms with Gasteiger partial charge in [0.2, 0.25) is 0 Å². The van der Waals surface area contributed by atoms with Crippen LogP contribution in [0.25, 0.3) is 0 Å². The van der Waals surface area contributed by atoms with Crippen LogP contribution in [0, 0.1) is 5.92 Å². The van der Waals surface area contributed by atoms with E-state index < -0.39 is 0 Å². The molecule has 0 heterocycles. The fourth-order valence-corrected chi connectivity index (χ4v) is 1.55. The third kappa shape index (κ3) is 8.85. The van der Waals surface area contributed by atoms with Crippen molar-refractivity contribution in [2.45, 2.75) is 46.1 Å². The number of ether oxygens (including phenoxy) is 1. The average molecular weight is 217 g/mol. The lowest BCUT2D eigenvalue weighted by molar-refractivity contribution is 0.0920. The fourth-order valence-electron chi connectivity index (χ4n) is 1.55. The molecule has 0 aliphatic rings. The van der Waals surface area contributed by atoms with Crippen LogP contribution in [0.5, 0.6) is 0 Å². The molecule has 0 aromatic rings. The molecule has 0 aliphatic carbocycles. The Bertz CT molecular complexity index is 131. The van der Waals surface area contributed by atoms with Crippen molar-refractivity contribution in [3.05, 3.63) is 0 Å². The fraction of sp³-hybridized carbons (Fsp3) is 1.00. The van der Waals surface area contributed by atoms with Crippen LogP contribution in [-0.4, -0.2) is 37.5 Å². The molecular weight excluding hydrogens is 190 g/mol. The molecule has 92 valence electrons. The summed E-state index contributed by atoms with van der Waals surface area (Å²) >= 11 is 0. The van der Waals surface area contributed by atoms with Gasteiger partial charge in [0.15, 0.2) is 0 Å². The molecule has 0 spiro atoms. The lowest BCUT2D eigenvalue weighted by atomic mass is 9.98. The first-order valence-corrected chi connectivity index (χ1v) is 6.16. The van der Waals surface area contributed by atoms with E-state index in [0.717, 1.165) is 12.5 Å². The third-order valence-corrected chi connectivity index (χ3v) is 2.79. The van der Waals surface area contributed by atoms with Gasteiger partial charge in [0.1, 0.15) is 0 Å². The maximum absolute atomic E-state index is 8.53. The number of aliphatic hydroxyl groups excluding tert-OH is 1. The molecule has 0 fully saturated rings. The molecule has 2 N–H and O–H groups in total. The maximum atomic E-state index is 8.53. The van der Waals surface area contributed by atoms with Crippen molar-refractivity contribution < 1.29 is 9.84 Å². The van der Waals surface area contributed by atoms with E-state index in [-0.39, 0.29) is 6.61 Å². The van der Waals surface area contributed by atoms with E-state index in [9.17, 15) is 0 Å². The first-order valence-electron chi connectivity index (χ1n) is 6.16. The normalized spacial score (nSPS) is 15.2. The van der Waals surface area contributed by atoms with E-state index in [0.29, 0.717) is 19.3 Å². The number of aliphatic hydroxyl groups is 1. The van der Waals surface area contributed by atoms with Crippen LogP contribution in [0.4, 0.5) is 0 Å². The summed E-state index contributed by atoms with van der Waals surface area (Å²) in [6, 6.07) is 0.609. The Balaban J connectivity index is 3.44. The number of hydrogen-bond acceptors (Lipinski definition) is 3. The van der Waals surface area contributed by atoms with Gasteiger partial charge in [0, 0.05) is 12.6 Å². The minimum absolute atomic E-state index is 0.115. The highest BCUT2D eigenvalue weighted by atomic mass is 16.5. The zero-order valence-corrected chi connectivity index (χ0v) is 10.5. The van der Waals surface area contributed by atoms with Crippen LogP contribution in [-0.2, 0) is 4.74 Å². The van der Waals surface area contributed by atoms with Crippen LogP contribution < -0.4 is 5.32 Å². The molecule has 0 saturated heterocycles. The van der Waals surface area contributed by atoms with Gasteiger partial charge >= 0.3 is 0 Å². The van der Waals surface area contributed by atoms with Crippen molar-refractivity contribution in [3.8, 4) is 0 Å². The van der Waals surface area contributed by atoms with Crippen LogP contribution >= 0.6 is 0 Å².